The molecule has 1 fully saturated rings. The number of hydrogen-bond acceptors (Lipinski definition) is 5. The highest BCUT2D eigenvalue weighted by Gasteiger charge is 2.40. The number of alkyl halides is 3. The Morgan fingerprint density at radius 2 is 2.13 bits per heavy atom. The number of H-pyrrole nitrogens is 1. The summed E-state index contributed by atoms with van der Waals surface area (Å²) < 4.78 is 40.0. The van der Waals surface area contributed by atoms with Gasteiger partial charge in [0, 0.05) is 22.5 Å². The number of pyridine rings is 1. The zero-order valence-electron chi connectivity index (χ0n) is 15.9. The summed E-state index contributed by atoms with van der Waals surface area (Å²) in [5.41, 5.74) is -0.0291. The van der Waals surface area contributed by atoms with Gasteiger partial charge in [-0.05, 0) is 37.0 Å². The summed E-state index contributed by atoms with van der Waals surface area (Å²) in [7, 11) is 0. The van der Waals surface area contributed by atoms with E-state index in [0.29, 0.717) is 17.1 Å². The average molecular weight is 452 g/mol. The molecular weight excluding hydrogens is 435 g/mol. The fraction of sp³-hybridized carbons (Fsp3) is 0.350. The molecule has 2 atom stereocenters. The number of nitrogens with one attached hydrogen (secondary N) is 2. The molecule has 11 heteroatoms. The van der Waals surface area contributed by atoms with Crippen LogP contribution in [0.25, 0.3) is 10.9 Å². The third kappa shape index (κ3) is 4.11. The molecule has 2 aromatic heterocycles. The third-order valence-electron chi connectivity index (χ3n) is 5.28. The van der Waals surface area contributed by atoms with Crippen molar-refractivity contribution in [3.8, 4) is 6.07 Å². The Morgan fingerprint density at radius 3 is 2.74 bits per heavy atom. The van der Waals surface area contributed by atoms with Crippen LogP contribution in [0.2, 0.25) is 5.02 Å². The van der Waals surface area contributed by atoms with E-state index in [9.17, 15) is 28.3 Å². The Morgan fingerprint density at radius 1 is 1.39 bits per heavy atom. The molecule has 0 radical (unpaired) electrons. The molecule has 0 spiro atoms. The number of fused-ring (bicyclic) bond motifs is 1. The lowest BCUT2D eigenvalue weighted by Crippen LogP contribution is -2.20. The molecule has 1 aromatic carbocycles. The van der Waals surface area contributed by atoms with Crippen LogP contribution in [0.4, 0.5) is 24.7 Å². The highest BCUT2D eigenvalue weighted by molar-refractivity contribution is 6.31. The smallest absolute Gasteiger partial charge is 0.379 e. The summed E-state index contributed by atoms with van der Waals surface area (Å²) >= 11 is 5.96. The number of anilines is 2. The largest absolute Gasteiger partial charge is 0.418 e. The van der Waals surface area contributed by atoms with E-state index in [-0.39, 0.29) is 28.7 Å². The van der Waals surface area contributed by atoms with Crippen LogP contribution < -0.4 is 10.9 Å². The standard InChI is InChI=1S/C20H17ClF3N5O2/c21-13-9-11(3-4-12(13)17(30)20(22,23)24)27-18-16-15(6-8-26-19(16)31)29(28-18)14(5-7-25)10-1-2-10/h3-4,6,8-10,14,17,30H,1-2,5H2,(H,26,31)(H,27,28)/t14?,17-/m1/s1. The molecule has 162 valence electrons. The average Bonchev–Trinajstić information content (AvgIpc) is 3.48. The molecule has 1 aliphatic rings. The van der Waals surface area contributed by atoms with Gasteiger partial charge < -0.3 is 15.4 Å². The topological polar surface area (TPSA) is 107 Å². The Hall–Kier alpha value is -3.03. The van der Waals surface area contributed by atoms with Crippen LogP contribution in [0.3, 0.4) is 0 Å². The van der Waals surface area contributed by atoms with E-state index in [0.717, 1.165) is 18.9 Å². The molecule has 0 saturated heterocycles. The molecule has 3 N–H and O–H groups in total. The monoisotopic (exact) mass is 451 g/mol. The van der Waals surface area contributed by atoms with E-state index in [2.05, 4.69) is 21.5 Å². The van der Waals surface area contributed by atoms with Crippen molar-refractivity contribution in [2.24, 2.45) is 5.92 Å². The summed E-state index contributed by atoms with van der Waals surface area (Å²) in [6, 6.07) is 7.27. The number of benzene rings is 1. The number of nitrogens with zero attached hydrogens (tertiary/aromatic N) is 3. The maximum absolute atomic E-state index is 12.8. The zero-order valence-corrected chi connectivity index (χ0v) is 16.7. The summed E-state index contributed by atoms with van der Waals surface area (Å²) in [5, 5.41) is 26.1. The lowest BCUT2D eigenvalue weighted by atomic mass is 10.1. The minimum Gasteiger partial charge on any atom is -0.379 e. The van der Waals surface area contributed by atoms with Gasteiger partial charge >= 0.3 is 6.18 Å². The molecule has 3 aromatic rings. The van der Waals surface area contributed by atoms with E-state index in [1.807, 2.05) is 0 Å². The first kappa shape index (κ1) is 21.2. The Balaban J connectivity index is 1.73. The van der Waals surface area contributed by atoms with Gasteiger partial charge in [-0.3, -0.25) is 9.48 Å². The fourth-order valence-electron chi connectivity index (χ4n) is 3.61. The van der Waals surface area contributed by atoms with Crippen molar-refractivity contribution in [2.45, 2.75) is 37.6 Å². The lowest BCUT2D eigenvalue weighted by Gasteiger charge is -2.17. The van der Waals surface area contributed by atoms with Gasteiger partial charge in [0.2, 0.25) is 0 Å². The quantitative estimate of drug-likeness (QED) is 0.508. The van der Waals surface area contributed by atoms with Crippen molar-refractivity contribution in [1.82, 2.24) is 14.8 Å². The molecule has 1 unspecified atom stereocenters. The molecular formula is C20H17ClF3N5O2. The first-order valence-corrected chi connectivity index (χ1v) is 9.86. The molecule has 1 aliphatic carbocycles. The minimum absolute atomic E-state index is 0.183. The molecule has 1 saturated carbocycles. The van der Waals surface area contributed by atoms with E-state index >= 15 is 0 Å². The Kier molecular flexibility index (Phi) is 5.41. The van der Waals surface area contributed by atoms with Gasteiger partial charge in [-0.15, -0.1) is 0 Å². The summed E-state index contributed by atoms with van der Waals surface area (Å²) in [6.45, 7) is 0. The van der Waals surface area contributed by atoms with E-state index in [1.54, 1.807) is 10.7 Å². The highest BCUT2D eigenvalue weighted by Crippen LogP contribution is 2.43. The lowest BCUT2D eigenvalue weighted by molar-refractivity contribution is -0.206. The molecule has 4 rings (SSSR count). The third-order valence-corrected chi connectivity index (χ3v) is 5.61. The van der Waals surface area contributed by atoms with Crippen molar-refractivity contribution in [3.05, 3.63) is 51.4 Å². The van der Waals surface area contributed by atoms with Crippen LogP contribution in [-0.2, 0) is 0 Å². The number of aromatic nitrogens is 3. The maximum Gasteiger partial charge on any atom is 0.418 e. The van der Waals surface area contributed by atoms with Crippen LogP contribution in [0, 0.1) is 17.2 Å². The van der Waals surface area contributed by atoms with Crippen molar-refractivity contribution < 1.29 is 18.3 Å². The van der Waals surface area contributed by atoms with Gasteiger partial charge in [0.1, 0.15) is 5.39 Å². The highest BCUT2D eigenvalue weighted by atomic mass is 35.5. The zero-order chi connectivity index (χ0) is 22.3. The van der Waals surface area contributed by atoms with E-state index < -0.39 is 23.4 Å². The van der Waals surface area contributed by atoms with Crippen LogP contribution in [-0.4, -0.2) is 26.0 Å². The minimum atomic E-state index is -4.85. The number of aromatic amines is 1. The second-order valence-corrected chi connectivity index (χ2v) is 7.84. The van der Waals surface area contributed by atoms with Gasteiger partial charge in [-0.25, -0.2) is 0 Å². The number of nitriles is 1. The predicted molar refractivity (Wildman–Crippen MR) is 108 cm³/mol. The van der Waals surface area contributed by atoms with Gasteiger partial charge in [0.05, 0.1) is 24.0 Å². The number of halogens is 4. The molecule has 0 amide bonds. The molecule has 0 aliphatic heterocycles. The van der Waals surface area contributed by atoms with Gasteiger partial charge in [0.15, 0.2) is 11.9 Å². The second kappa shape index (κ2) is 7.90. The molecule has 31 heavy (non-hydrogen) atoms. The van der Waals surface area contributed by atoms with Gasteiger partial charge in [-0.1, -0.05) is 17.7 Å². The summed E-state index contributed by atoms with van der Waals surface area (Å²) in [6.07, 6.45) is -3.88. The first-order valence-electron chi connectivity index (χ1n) is 9.48. The SMILES string of the molecule is N#CCC(C1CC1)n1nc(Nc2ccc([C@@H](O)C(F)(F)F)c(Cl)c2)c2c(=O)[nH]ccc21. The van der Waals surface area contributed by atoms with Gasteiger partial charge in [-0.2, -0.15) is 23.5 Å². The van der Waals surface area contributed by atoms with Crippen molar-refractivity contribution in [3.63, 3.8) is 0 Å². The predicted octanol–water partition coefficient (Wildman–Crippen LogP) is 4.58. The maximum atomic E-state index is 12.8. The van der Waals surface area contributed by atoms with Crippen LogP contribution in [0.1, 0.15) is 37.0 Å². The molecule has 0 bridgehead atoms. The normalized spacial score (nSPS) is 16.1. The first-order chi connectivity index (χ1) is 14.7. The number of aliphatic hydroxyl groups is 1. The number of hydrogen-bond donors (Lipinski definition) is 3. The number of rotatable bonds is 6. The van der Waals surface area contributed by atoms with Crippen molar-refractivity contribution in [2.75, 3.05) is 5.32 Å². The van der Waals surface area contributed by atoms with Crippen LogP contribution in [0.5, 0.6) is 0 Å². The van der Waals surface area contributed by atoms with Gasteiger partial charge in [0.25, 0.3) is 5.56 Å². The van der Waals surface area contributed by atoms with Crippen molar-refractivity contribution in [1.29, 1.82) is 5.26 Å². The second-order valence-electron chi connectivity index (χ2n) is 7.43. The molecule has 7 nitrogen and oxygen atoms in total. The van der Waals surface area contributed by atoms with Crippen LogP contribution in [0.15, 0.2) is 35.3 Å². The summed E-state index contributed by atoms with van der Waals surface area (Å²) in [4.78, 5) is 15.1. The van der Waals surface area contributed by atoms with E-state index in [4.69, 9.17) is 11.6 Å². The molecule has 2 heterocycles. The number of aliphatic hydroxyl groups excluding tert-OH is 1. The van der Waals surface area contributed by atoms with E-state index in [1.165, 1.54) is 18.3 Å². The van der Waals surface area contributed by atoms with Crippen molar-refractivity contribution >= 4 is 34.0 Å². The Labute approximate surface area is 179 Å². The van der Waals surface area contributed by atoms with Crippen LogP contribution >= 0.6 is 11.6 Å². The fourth-order valence-corrected chi connectivity index (χ4v) is 3.89. The Bertz CT molecular complexity index is 1230. The summed E-state index contributed by atoms with van der Waals surface area (Å²) in [5.74, 6) is 0.494.